The minimum absolute atomic E-state index is 0.510. The summed E-state index contributed by atoms with van der Waals surface area (Å²) < 4.78 is 12.7. The van der Waals surface area contributed by atoms with Crippen LogP contribution in [0.4, 0.5) is 0 Å². The van der Waals surface area contributed by atoms with Crippen molar-refractivity contribution < 1.29 is 8.83 Å². The van der Waals surface area contributed by atoms with Gasteiger partial charge in [-0.15, -0.1) is 16.4 Å². The molecule has 7 nitrogen and oxygen atoms in total. The van der Waals surface area contributed by atoms with Crippen molar-refractivity contribution in [3.63, 3.8) is 0 Å². The highest BCUT2D eigenvalue weighted by Crippen LogP contribution is 2.28. The Morgan fingerprint density at radius 2 is 2.25 bits per heavy atom. The fourth-order valence-electron chi connectivity index (χ4n) is 2.12. The lowest BCUT2D eigenvalue weighted by molar-refractivity contribution is 0.462. The van der Waals surface area contributed by atoms with Gasteiger partial charge < -0.3 is 8.83 Å². The maximum absolute atomic E-state index is 5.61. The van der Waals surface area contributed by atoms with Crippen molar-refractivity contribution >= 4 is 23.1 Å². The summed E-state index contributed by atoms with van der Waals surface area (Å²) in [6, 6.07) is 7.62. The Kier molecular flexibility index (Phi) is 4.18. The van der Waals surface area contributed by atoms with E-state index in [1.54, 1.807) is 34.0 Å². The lowest BCUT2D eigenvalue weighted by atomic mass is 10.4. The Bertz CT molecular complexity index is 925. The smallest absolute Gasteiger partial charge is 0.210 e. The lowest BCUT2D eigenvalue weighted by Crippen LogP contribution is -2.03. The van der Waals surface area contributed by atoms with Gasteiger partial charge in [0.05, 0.1) is 12.0 Å². The molecule has 24 heavy (non-hydrogen) atoms. The maximum atomic E-state index is 5.61. The van der Waals surface area contributed by atoms with E-state index in [0.29, 0.717) is 12.3 Å². The van der Waals surface area contributed by atoms with Gasteiger partial charge in [0.25, 0.3) is 0 Å². The summed E-state index contributed by atoms with van der Waals surface area (Å²) in [4.78, 5) is 4.61. The number of thioether (sulfide) groups is 1. The molecule has 122 valence electrons. The molecule has 0 saturated carbocycles. The predicted molar refractivity (Wildman–Crippen MR) is 89.7 cm³/mol. The summed E-state index contributed by atoms with van der Waals surface area (Å²) in [5.74, 6) is 3.19. The van der Waals surface area contributed by atoms with E-state index in [0.717, 1.165) is 33.1 Å². The van der Waals surface area contributed by atoms with E-state index < -0.39 is 0 Å². The Balaban J connectivity index is 1.42. The molecule has 4 aromatic rings. The molecule has 0 fully saturated rings. The molecule has 0 aliphatic heterocycles. The normalized spacial score (nSPS) is 11.2. The molecule has 0 aromatic carbocycles. The SMILES string of the molecule is Cc1ccc(-c2nc(CSc3nnnn3Cc3ccco3)cs2)o1. The first-order valence-corrected chi connectivity index (χ1v) is 9.07. The summed E-state index contributed by atoms with van der Waals surface area (Å²) in [5, 5.41) is 15.4. The Morgan fingerprint density at radius 3 is 3.04 bits per heavy atom. The van der Waals surface area contributed by atoms with Gasteiger partial charge in [-0.3, -0.25) is 0 Å². The summed E-state index contributed by atoms with van der Waals surface area (Å²) in [6.07, 6.45) is 1.64. The molecule has 0 saturated heterocycles. The van der Waals surface area contributed by atoms with Crippen LogP contribution >= 0.6 is 23.1 Å². The summed E-state index contributed by atoms with van der Waals surface area (Å²) in [6.45, 7) is 2.43. The molecule has 4 heterocycles. The van der Waals surface area contributed by atoms with Gasteiger partial charge in [0, 0.05) is 11.1 Å². The van der Waals surface area contributed by atoms with Crippen LogP contribution in [0.5, 0.6) is 0 Å². The van der Waals surface area contributed by atoms with Crippen LogP contribution in [0.25, 0.3) is 10.8 Å². The van der Waals surface area contributed by atoms with Crippen LogP contribution in [0.2, 0.25) is 0 Å². The largest absolute Gasteiger partial charge is 0.467 e. The molecule has 0 radical (unpaired) electrons. The molecule has 0 unspecified atom stereocenters. The third-order valence-electron chi connectivity index (χ3n) is 3.24. The molecule has 0 amide bonds. The molecule has 0 atom stereocenters. The highest BCUT2D eigenvalue weighted by Gasteiger charge is 2.12. The Labute approximate surface area is 145 Å². The first kappa shape index (κ1) is 15.2. The van der Waals surface area contributed by atoms with Gasteiger partial charge >= 0.3 is 0 Å². The number of aryl methyl sites for hydroxylation is 1. The average Bonchev–Trinajstić information content (AvgIpc) is 3.34. The van der Waals surface area contributed by atoms with Crippen molar-refractivity contribution in [2.24, 2.45) is 0 Å². The predicted octanol–water partition coefficient (Wildman–Crippen LogP) is 3.63. The molecule has 0 bridgehead atoms. The molecule has 0 N–H and O–H groups in total. The fraction of sp³-hybridized carbons (Fsp3) is 0.200. The standard InChI is InChI=1S/C15H13N5O2S2/c1-10-4-5-13(22-10)14-16-11(8-23-14)9-24-15-17-18-19-20(15)7-12-3-2-6-21-12/h2-6,8H,7,9H2,1H3. The monoisotopic (exact) mass is 359 g/mol. The second-order valence-corrected chi connectivity index (χ2v) is 6.84. The summed E-state index contributed by atoms with van der Waals surface area (Å²) in [5.41, 5.74) is 0.974. The van der Waals surface area contributed by atoms with E-state index in [4.69, 9.17) is 8.83 Å². The Morgan fingerprint density at radius 1 is 1.29 bits per heavy atom. The average molecular weight is 359 g/mol. The molecule has 0 aliphatic carbocycles. The van der Waals surface area contributed by atoms with Crippen LogP contribution in [0, 0.1) is 6.92 Å². The van der Waals surface area contributed by atoms with E-state index in [-0.39, 0.29) is 0 Å². The summed E-state index contributed by atoms with van der Waals surface area (Å²) in [7, 11) is 0. The van der Waals surface area contributed by atoms with E-state index >= 15 is 0 Å². The first-order chi connectivity index (χ1) is 11.8. The van der Waals surface area contributed by atoms with E-state index in [9.17, 15) is 0 Å². The van der Waals surface area contributed by atoms with Crippen LogP contribution < -0.4 is 0 Å². The maximum Gasteiger partial charge on any atom is 0.210 e. The van der Waals surface area contributed by atoms with E-state index in [2.05, 4.69) is 20.5 Å². The van der Waals surface area contributed by atoms with Gasteiger partial charge in [-0.2, -0.15) is 0 Å². The number of furan rings is 2. The molecule has 4 aromatic heterocycles. The van der Waals surface area contributed by atoms with Crippen molar-refractivity contribution in [2.75, 3.05) is 0 Å². The van der Waals surface area contributed by atoms with Gasteiger partial charge in [-0.05, 0) is 41.6 Å². The molecular weight excluding hydrogens is 346 g/mol. The van der Waals surface area contributed by atoms with Crippen molar-refractivity contribution in [3.8, 4) is 10.8 Å². The first-order valence-electron chi connectivity index (χ1n) is 7.20. The van der Waals surface area contributed by atoms with Crippen LogP contribution in [0.1, 0.15) is 17.2 Å². The molecular formula is C15H13N5O2S2. The molecule has 0 spiro atoms. The van der Waals surface area contributed by atoms with Crippen molar-refractivity contribution in [1.82, 2.24) is 25.2 Å². The van der Waals surface area contributed by atoms with Crippen molar-refractivity contribution in [1.29, 1.82) is 0 Å². The highest BCUT2D eigenvalue weighted by atomic mass is 32.2. The molecule has 0 aliphatic rings. The van der Waals surface area contributed by atoms with Gasteiger partial charge in [0.15, 0.2) is 10.8 Å². The topological polar surface area (TPSA) is 82.8 Å². The number of hydrogen-bond donors (Lipinski definition) is 0. The molecule has 9 heteroatoms. The van der Waals surface area contributed by atoms with Crippen LogP contribution in [0.15, 0.2) is 49.9 Å². The minimum atomic E-state index is 0.510. The van der Waals surface area contributed by atoms with Gasteiger partial charge in [-0.25, -0.2) is 9.67 Å². The zero-order valence-corrected chi connectivity index (χ0v) is 14.4. The zero-order valence-electron chi connectivity index (χ0n) is 12.7. The van der Waals surface area contributed by atoms with E-state index in [1.165, 1.54) is 0 Å². The van der Waals surface area contributed by atoms with Gasteiger partial charge in [-0.1, -0.05) is 11.8 Å². The third kappa shape index (κ3) is 3.26. The number of aromatic nitrogens is 5. The van der Waals surface area contributed by atoms with Crippen molar-refractivity contribution in [3.05, 3.63) is 53.1 Å². The minimum Gasteiger partial charge on any atom is -0.467 e. The zero-order chi connectivity index (χ0) is 16.4. The Hall–Kier alpha value is -2.39. The lowest BCUT2D eigenvalue weighted by Gasteiger charge is -2.01. The number of hydrogen-bond acceptors (Lipinski definition) is 8. The second kappa shape index (κ2) is 6.62. The third-order valence-corrected chi connectivity index (χ3v) is 5.13. The number of nitrogens with zero attached hydrogens (tertiary/aromatic N) is 5. The number of thiazole rings is 1. The summed E-state index contributed by atoms with van der Waals surface area (Å²) >= 11 is 3.11. The van der Waals surface area contributed by atoms with Gasteiger partial charge in [0.2, 0.25) is 5.16 Å². The number of tetrazole rings is 1. The quantitative estimate of drug-likeness (QED) is 0.486. The molecule has 4 rings (SSSR count). The van der Waals surface area contributed by atoms with Crippen LogP contribution in [-0.2, 0) is 12.3 Å². The highest BCUT2D eigenvalue weighted by molar-refractivity contribution is 7.98. The van der Waals surface area contributed by atoms with Gasteiger partial charge in [0.1, 0.15) is 18.1 Å². The second-order valence-electron chi connectivity index (χ2n) is 5.04. The van der Waals surface area contributed by atoms with Crippen LogP contribution in [0.3, 0.4) is 0 Å². The van der Waals surface area contributed by atoms with Crippen LogP contribution in [-0.4, -0.2) is 25.2 Å². The number of rotatable bonds is 6. The fourth-order valence-corrected chi connectivity index (χ4v) is 3.78. The van der Waals surface area contributed by atoms with E-state index in [1.807, 2.05) is 36.6 Å². The van der Waals surface area contributed by atoms with Crippen molar-refractivity contribution in [2.45, 2.75) is 24.4 Å².